The van der Waals surface area contributed by atoms with E-state index in [0.717, 1.165) is 11.3 Å². The second-order valence-electron chi connectivity index (χ2n) is 4.74. The molecule has 0 unspecified atom stereocenters. The quantitative estimate of drug-likeness (QED) is 0.786. The molecule has 0 atom stereocenters. The summed E-state index contributed by atoms with van der Waals surface area (Å²) in [6.07, 6.45) is 0.662. The van der Waals surface area contributed by atoms with Gasteiger partial charge < -0.3 is 9.64 Å². The van der Waals surface area contributed by atoms with Crippen LogP contribution < -0.4 is 9.64 Å². The number of hydrogen-bond acceptors (Lipinski definition) is 3. The predicted molar refractivity (Wildman–Crippen MR) is 74.8 cm³/mol. The Kier molecular flexibility index (Phi) is 3.37. The zero-order chi connectivity index (χ0) is 13.9. The molecule has 102 valence electrons. The topological polar surface area (TPSA) is 29.5 Å². The van der Waals surface area contributed by atoms with Gasteiger partial charge in [-0.2, -0.15) is 0 Å². The van der Waals surface area contributed by atoms with E-state index in [1.165, 1.54) is 12.1 Å². The number of para-hydroxylation sites is 1. The van der Waals surface area contributed by atoms with Crippen LogP contribution >= 0.6 is 0 Å². The smallest absolute Gasteiger partial charge is 0.150 e. The van der Waals surface area contributed by atoms with Gasteiger partial charge in [-0.3, -0.25) is 4.79 Å². The summed E-state index contributed by atoms with van der Waals surface area (Å²) in [4.78, 5) is 12.9. The molecule has 0 saturated heterocycles. The number of ether oxygens (including phenoxy) is 1. The first kappa shape index (κ1) is 12.7. The van der Waals surface area contributed by atoms with Crippen LogP contribution in [0, 0.1) is 5.82 Å². The monoisotopic (exact) mass is 271 g/mol. The van der Waals surface area contributed by atoms with Gasteiger partial charge in [0.2, 0.25) is 0 Å². The molecular weight excluding hydrogens is 257 g/mol. The van der Waals surface area contributed by atoms with Gasteiger partial charge in [0.05, 0.1) is 6.54 Å². The molecule has 20 heavy (non-hydrogen) atoms. The van der Waals surface area contributed by atoms with Gasteiger partial charge in [-0.25, -0.2) is 4.39 Å². The highest BCUT2D eigenvalue weighted by molar-refractivity contribution is 5.77. The molecular formula is C16H14FNO2. The van der Waals surface area contributed by atoms with Crippen LogP contribution in [0.25, 0.3) is 0 Å². The first-order chi connectivity index (χ1) is 9.76. The van der Waals surface area contributed by atoms with E-state index in [4.69, 9.17) is 4.74 Å². The van der Waals surface area contributed by atoms with Crippen LogP contribution in [0.15, 0.2) is 42.5 Å². The summed E-state index contributed by atoms with van der Waals surface area (Å²) in [7, 11) is 0. The predicted octanol–water partition coefficient (Wildman–Crippen LogP) is 3.04. The molecule has 0 fully saturated rings. The zero-order valence-electron chi connectivity index (χ0n) is 10.9. The number of hydrogen-bond donors (Lipinski definition) is 0. The van der Waals surface area contributed by atoms with E-state index in [-0.39, 0.29) is 0 Å². The van der Waals surface area contributed by atoms with Crippen molar-refractivity contribution < 1.29 is 13.9 Å². The maximum atomic E-state index is 13.6. The highest BCUT2D eigenvalue weighted by Crippen LogP contribution is 2.26. The van der Waals surface area contributed by atoms with Crippen LogP contribution in [0.1, 0.15) is 15.9 Å². The van der Waals surface area contributed by atoms with Crippen LogP contribution in [-0.4, -0.2) is 19.4 Å². The number of halogens is 1. The third kappa shape index (κ3) is 2.50. The lowest BCUT2D eigenvalue weighted by molar-refractivity contribution is 0.112. The number of anilines is 1. The summed E-state index contributed by atoms with van der Waals surface area (Å²) in [5.74, 6) is 0.463. The zero-order valence-corrected chi connectivity index (χ0v) is 10.9. The number of benzene rings is 2. The van der Waals surface area contributed by atoms with Gasteiger partial charge in [-0.05, 0) is 24.3 Å². The fourth-order valence-electron chi connectivity index (χ4n) is 2.39. The molecule has 1 aliphatic rings. The Labute approximate surface area is 116 Å². The summed E-state index contributed by atoms with van der Waals surface area (Å²) in [5.41, 5.74) is 2.10. The Hall–Kier alpha value is -2.36. The van der Waals surface area contributed by atoms with Crippen LogP contribution in [0.3, 0.4) is 0 Å². The summed E-state index contributed by atoms with van der Waals surface area (Å²) < 4.78 is 19.2. The molecule has 0 bridgehead atoms. The van der Waals surface area contributed by atoms with E-state index in [9.17, 15) is 9.18 Å². The Morgan fingerprint density at radius 3 is 2.90 bits per heavy atom. The lowest BCUT2D eigenvalue weighted by atomic mass is 10.1. The van der Waals surface area contributed by atoms with Gasteiger partial charge >= 0.3 is 0 Å². The third-order valence-corrected chi connectivity index (χ3v) is 3.36. The van der Waals surface area contributed by atoms with Crippen molar-refractivity contribution in [1.29, 1.82) is 0 Å². The molecule has 0 aliphatic carbocycles. The van der Waals surface area contributed by atoms with Gasteiger partial charge in [-0.1, -0.05) is 18.2 Å². The van der Waals surface area contributed by atoms with E-state index in [2.05, 4.69) is 0 Å². The minimum Gasteiger partial charge on any atom is -0.491 e. The van der Waals surface area contributed by atoms with Crippen LogP contribution in [-0.2, 0) is 6.54 Å². The van der Waals surface area contributed by atoms with Crippen molar-refractivity contribution in [3.05, 3.63) is 59.4 Å². The maximum absolute atomic E-state index is 13.6. The van der Waals surface area contributed by atoms with Crippen molar-refractivity contribution in [2.45, 2.75) is 6.54 Å². The summed E-state index contributed by atoms with van der Waals surface area (Å²) in [6.45, 7) is 1.82. The molecule has 2 aromatic carbocycles. The van der Waals surface area contributed by atoms with E-state index in [1.807, 2.05) is 29.2 Å². The molecule has 0 spiro atoms. The van der Waals surface area contributed by atoms with Crippen molar-refractivity contribution >= 4 is 12.0 Å². The van der Waals surface area contributed by atoms with Gasteiger partial charge in [0.25, 0.3) is 0 Å². The van der Waals surface area contributed by atoms with Gasteiger partial charge in [0.1, 0.15) is 24.5 Å². The van der Waals surface area contributed by atoms with E-state index in [1.54, 1.807) is 6.07 Å². The molecule has 4 heteroatoms. The first-order valence-corrected chi connectivity index (χ1v) is 6.48. The van der Waals surface area contributed by atoms with Crippen molar-refractivity contribution in [1.82, 2.24) is 0 Å². The molecule has 0 saturated carbocycles. The number of rotatable bonds is 2. The number of fused-ring (bicyclic) bond motifs is 1. The molecule has 0 N–H and O–H groups in total. The van der Waals surface area contributed by atoms with E-state index >= 15 is 0 Å². The summed E-state index contributed by atoms with van der Waals surface area (Å²) in [5, 5.41) is 0. The lowest BCUT2D eigenvalue weighted by Gasteiger charge is -2.22. The molecule has 1 aliphatic heterocycles. The Bertz CT molecular complexity index is 642. The Morgan fingerprint density at radius 2 is 2.05 bits per heavy atom. The van der Waals surface area contributed by atoms with E-state index in [0.29, 0.717) is 37.2 Å². The Morgan fingerprint density at radius 1 is 1.20 bits per heavy atom. The fourth-order valence-corrected chi connectivity index (χ4v) is 2.39. The Balaban J connectivity index is 1.95. The average molecular weight is 271 g/mol. The number of carbonyl (C=O) groups is 1. The van der Waals surface area contributed by atoms with Crippen molar-refractivity contribution in [3.63, 3.8) is 0 Å². The van der Waals surface area contributed by atoms with Gasteiger partial charge in [0, 0.05) is 23.4 Å². The summed E-state index contributed by atoms with van der Waals surface area (Å²) in [6, 6.07) is 12.2. The van der Waals surface area contributed by atoms with Crippen molar-refractivity contribution in [3.8, 4) is 5.75 Å². The third-order valence-electron chi connectivity index (χ3n) is 3.36. The summed E-state index contributed by atoms with van der Waals surface area (Å²) >= 11 is 0. The first-order valence-electron chi connectivity index (χ1n) is 6.48. The second-order valence-corrected chi connectivity index (χ2v) is 4.74. The maximum Gasteiger partial charge on any atom is 0.150 e. The fraction of sp³-hybridized carbons (Fsp3) is 0.188. The lowest BCUT2D eigenvalue weighted by Crippen LogP contribution is -2.25. The molecule has 3 nitrogen and oxygen atoms in total. The highest BCUT2D eigenvalue weighted by Gasteiger charge is 2.16. The highest BCUT2D eigenvalue weighted by atomic mass is 19.1. The molecule has 3 rings (SSSR count). The van der Waals surface area contributed by atoms with Gasteiger partial charge in [-0.15, -0.1) is 0 Å². The average Bonchev–Trinajstić information content (AvgIpc) is 2.68. The molecule has 2 aromatic rings. The van der Waals surface area contributed by atoms with Gasteiger partial charge in [0.15, 0.2) is 0 Å². The number of aldehydes is 1. The van der Waals surface area contributed by atoms with Crippen LogP contribution in [0.4, 0.5) is 10.1 Å². The minimum atomic E-state index is -0.400. The van der Waals surface area contributed by atoms with Crippen LogP contribution in [0.5, 0.6) is 5.75 Å². The largest absolute Gasteiger partial charge is 0.491 e. The van der Waals surface area contributed by atoms with Crippen molar-refractivity contribution in [2.24, 2.45) is 0 Å². The van der Waals surface area contributed by atoms with E-state index < -0.39 is 5.82 Å². The molecule has 0 amide bonds. The van der Waals surface area contributed by atoms with Crippen molar-refractivity contribution in [2.75, 3.05) is 18.1 Å². The SMILES string of the molecule is O=Cc1cc(F)cc(N2CCOc3ccccc3C2)c1. The standard InChI is InChI=1S/C16H14FNO2/c17-14-7-12(11-19)8-15(9-14)18-5-6-20-16-4-2-1-3-13(16)10-18/h1-4,7-9,11H,5-6,10H2. The second kappa shape index (κ2) is 5.33. The van der Waals surface area contributed by atoms with Crippen LogP contribution in [0.2, 0.25) is 0 Å². The number of carbonyl (C=O) groups excluding carboxylic acids is 1. The minimum absolute atomic E-state index is 0.346. The molecule has 0 radical (unpaired) electrons. The number of nitrogens with zero attached hydrogens (tertiary/aromatic N) is 1. The molecule has 0 aromatic heterocycles. The molecule has 1 heterocycles. The normalized spacial score (nSPS) is 14.2.